The van der Waals surface area contributed by atoms with Crippen LogP contribution in [0.3, 0.4) is 0 Å². The number of rotatable bonds is 4. The van der Waals surface area contributed by atoms with Gasteiger partial charge in [-0.25, -0.2) is 0 Å². The number of carboxylic acid groups (broad SMARTS) is 1. The number of aliphatic carboxylic acids is 1. The van der Waals surface area contributed by atoms with Crippen molar-refractivity contribution in [2.45, 2.75) is 18.9 Å². The van der Waals surface area contributed by atoms with Gasteiger partial charge < -0.3 is 20.2 Å². The number of piperidine rings is 1. The largest absolute Gasteiger partial charge is 0.481 e. The van der Waals surface area contributed by atoms with Gasteiger partial charge in [0.2, 0.25) is 0 Å². The van der Waals surface area contributed by atoms with Crippen LogP contribution in [0.5, 0.6) is 0 Å². The van der Waals surface area contributed by atoms with E-state index in [2.05, 4.69) is 15.2 Å². The molecule has 2 aliphatic rings. The van der Waals surface area contributed by atoms with Crippen LogP contribution >= 0.6 is 0 Å². The Balaban J connectivity index is 1.46. The molecule has 0 radical (unpaired) electrons. The van der Waals surface area contributed by atoms with Crippen molar-refractivity contribution in [3.05, 3.63) is 59.9 Å². The standard InChI is InChI=1S/C22H26N4O3/c27-21(25-12-7-18(8-13-25)22(28)29)17-1-3-19(4-2-17)26-14-11-24-15-20(26)16-5-9-23-10-6-16/h1-6,9-10,18,20,24H,7-8,11-15H2,(H,28,29). The molecule has 152 valence electrons. The van der Waals surface area contributed by atoms with Gasteiger partial charge in [0.1, 0.15) is 0 Å². The first kappa shape index (κ1) is 19.4. The molecule has 7 heteroatoms. The van der Waals surface area contributed by atoms with Crippen LogP contribution in [0, 0.1) is 5.92 Å². The van der Waals surface area contributed by atoms with Gasteiger partial charge in [-0.05, 0) is 54.8 Å². The highest BCUT2D eigenvalue weighted by Gasteiger charge is 2.28. The highest BCUT2D eigenvalue weighted by molar-refractivity contribution is 5.94. The van der Waals surface area contributed by atoms with Gasteiger partial charge in [0.05, 0.1) is 12.0 Å². The van der Waals surface area contributed by atoms with Gasteiger partial charge in [-0.1, -0.05) is 0 Å². The molecule has 1 atom stereocenters. The van der Waals surface area contributed by atoms with Crippen molar-refractivity contribution >= 4 is 17.6 Å². The maximum atomic E-state index is 12.8. The molecule has 0 spiro atoms. The van der Waals surface area contributed by atoms with E-state index in [-0.39, 0.29) is 17.9 Å². The molecule has 0 saturated carbocycles. The fraction of sp³-hybridized carbons (Fsp3) is 0.409. The highest BCUT2D eigenvalue weighted by Crippen LogP contribution is 2.29. The molecule has 2 N–H and O–H groups in total. The van der Waals surface area contributed by atoms with Crippen LogP contribution in [0.2, 0.25) is 0 Å². The van der Waals surface area contributed by atoms with Crippen molar-refractivity contribution in [2.75, 3.05) is 37.6 Å². The van der Waals surface area contributed by atoms with Crippen molar-refractivity contribution in [1.82, 2.24) is 15.2 Å². The van der Waals surface area contributed by atoms with Crippen molar-refractivity contribution in [1.29, 1.82) is 0 Å². The number of amides is 1. The molecule has 2 fully saturated rings. The van der Waals surface area contributed by atoms with E-state index < -0.39 is 5.97 Å². The van der Waals surface area contributed by atoms with Crippen LogP contribution in [0.25, 0.3) is 0 Å². The Hall–Kier alpha value is -2.93. The van der Waals surface area contributed by atoms with Crippen molar-refractivity contribution < 1.29 is 14.7 Å². The van der Waals surface area contributed by atoms with E-state index in [1.165, 1.54) is 5.56 Å². The Labute approximate surface area is 170 Å². The zero-order valence-corrected chi connectivity index (χ0v) is 16.3. The number of nitrogens with one attached hydrogen (secondary N) is 1. The lowest BCUT2D eigenvalue weighted by atomic mass is 9.96. The number of likely N-dealkylation sites (tertiary alicyclic amines) is 1. The Morgan fingerprint density at radius 2 is 1.69 bits per heavy atom. The number of benzene rings is 1. The highest BCUT2D eigenvalue weighted by atomic mass is 16.4. The van der Waals surface area contributed by atoms with Crippen molar-refractivity contribution in [2.24, 2.45) is 5.92 Å². The van der Waals surface area contributed by atoms with Crippen LogP contribution in [-0.2, 0) is 4.79 Å². The Bertz CT molecular complexity index is 848. The van der Waals surface area contributed by atoms with Gasteiger partial charge in [0.25, 0.3) is 5.91 Å². The van der Waals surface area contributed by atoms with Crippen LogP contribution in [0.4, 0.5) is 5.69 Å². The van der Waals surface area contributed by atoms with Crippen LogP contribution in [0.15, 0.2) is 48.8 Å². The number of carbonyl (C=O) groups is 2. The van der Waals surface area contributed by atoms with E-state index in [0.29, 0.717) is 31.5 Å². The zero-order chi connectivity index (χ0) is 20.2. The summed E-state index contributed by atoms with van der Waals surface area (Å²) in [6.45, 7) is 3.67. The molecule has 2 aromatic rings. The normalized spacial score (nSPS) is 20.5. The fourth-order valence-corrected chi connectivity index (χ4v) is 4.20. The minimum atomic E-state index is -0.763. The minimum absolute atomic E-state index is 0.0219. The molecule has 1 amide bonds. The van der Waals surface area contributed by atoms with Gasteiger partial charge in [0, 0.05) is 56.4 Å². The quantitative estimate of drug-likeness (QED) is 0.827. The third-order valence-corrected chi connectivity index (χ3v) is 5.91. The molecule has 0 bridgehead atoms. The molecular formula is C22H26N4O3. The number of hydrogen-bond donors (Lipinski definition) is 2. The smallest absolute Gasteiger partial charge is 0.306 e. The number of nitrogens with zero attached hydrogens (tertiary/aromatic N) is 3. The van der Waals surface area contributed by atoms with E-state index >= 15 is 0 Å². The molecule has 1 aromatic carbocycles. The lowest BCUT2D eigenvalue weighted by Gasteiger charge is -2.38. The van der Waals surface area contributed by atoms with Gasteiger partial charge >= 0.3 is 5.97 Å². The van der Waals surface area contributed by atoms with Crippen molar-refractivity contribution in [3.8, 4) is 0 Å². The van der Waals surface area contributed by atoms with Gasteiger partial charge in [0.15, 0.2) is 0 Å². The maximum absolute atomic E-state index is 12.8. The van der Waals surface area contributed by atoms with E-state index in [1.54, 1.807) is 4.90 Å². The van der Waals surface area contributed by atoms with E-state index in [4.69, 9.17) is 5.11 Å². The number of pyridine rings is 1. The number of anilines is 1. The number of hydrogen-bond acceptors (Lipinski definition) is 5. The molecule has 7 nitrogen and oxygen atoms in total. The molecule has 29 heavy (non-hydrogen) atoms. The summed E-state index contributed by atoms with van der Waals surface area (Å²) in [5.41, 5.74) is 2.96. The summed E-state index contributed by atoms with van der Waals surface area (Å²) in [7, 11) is 0. The lowest BCUT2D eigenvalue weighted by molar-refractivity contribution is -0.143. The average molecular weight is 394 g/mol. The van der Waals surface area contributed by atoms with E-state index in [9.17, 15) is 9.59 Å². The fourth-order valence-electron chi connectivity index (χ4n) is 4.20. The predicted molar refractivity (Wildman–Crippen MR) is 110 cm³/mol. The topological polar surface area (TPSA) is 85.8 Å². The predicted octanol–water partition coefficient (Wildman–Crippen LogP) is 2.17. The van der Waals surface area contributed by atoms with Crippen molar-refractivity contribution in [3.63, 3.8) is 0 Å². The lowest BCUT2D eigenvalue weighted by Crippen LogP contribution is -2.46. The average Bonchev–Trinajstić information content (AvgIpc) is 2.79. The molecule has 4 rings (SSSR count). The van der Waals surface area contributed by atoms with Crippen LogP contribution in [-0.4, -0.2) is 59.6 Å². The molecular weight excluding hydrogens is 368 g/mol. The molecule has 0 aliphatic carbocycles. The zero-order valence-electron chi connectivity index (χ0n) is 16.3. The second-order valence-corrected chi connectivity index (χ2v) is 7.65. The third kappa shape index (κ3) is 4.24. The summed E-state index contributed by atoms with van der Waals surface area (Å²) in [5.74, 6) is -1.12. The second kappa shape index (κ2) is 8.61. The molecule has 1 unspecified atom stereocenters. The Kier molecular flexibility index (Phi) is 5.76. The van der Waals surface area contributed by atoms with Gasteiger partial charge in [-0.2, -0.15) is 0 Å². The summed E-state index contributed by atoms with van der Waals surface area (Å²) < 4.78 is 0. The van der Waals surface area contributed by atoms with E-state index in [1.807, 2.05) is 48.8 Å². The van der Waals surface area contributed by atoms with Crippen LogP contribution < -0.4 is 10.2 Å². The summed E-state index contributed by atoms with van der Waals surface area (Å²) in [5, 5.41) is 12.6. The number of piperazine rings is 1. The second-order valence-electron chi connectivity index (χ2n) is 7.65. The monoisotopic (exact) mass is 394 g/mol. The van der Waals surface area contributed by atoms with E-state index in [0.717, 1.165) is 25.3 Å². The van der Waals surface area contributed by atoms with Gasteiger partial charge in [-0.15, -0.1) is 0 Å². The summed E-state index contributed by atoms with van der Waals surface area (Å²) >= 11 is 0. The minimum Gasteiger partial charge on any atom is -0.481 e. The number of carboxylic acids is 1. The summed E-state index contributed by atoms with van der Waals surface area (Å²) in [4.78, 5) is 32.1. The SMILES string of the molecule is O=C(O)C1CCN(C(=O)c2ccc(N3CCNCC3c3ccncc3)cc2)CC1. The van der Waals surface area contributed by atoms with Gasteiger partial charge in [-0.3, -0.25) is 14.6 Å². The van der Waals surface area contributed by atoms with Crippen LogP contribution in [0.1, 0.15) is 34.8 Å². The molecule has 2 saturated heterocycles. The number of carbonyl (C=O) groups excluding carboxylic acids is 1. The number of aromatic nitrogens is 1. The summed E-state index contributed by atoms with van der Waals surface area (Å²) in [6.07, 6.45) is 4.68. The molecule has 3 heterocycles. The Morgan fingerprint density at radius 3 is 2.34 bits per heavy atom. The summed E-state index contributed by atoms with van der Waals surface area (Å²) in [6, 6.07) is 12.1. The first-order valence-electron chi connectivity index (χ1n) is 10.1. The third-order valence-electron chi connectivity index (χ3n) is 5.91. The first-order chi connectivity index (χ1) is 14.1. The molecule has 2 aliphatic heterocycles. The molecule has 1 aromatic heterocycles. The Morgan fingerprint density at radius 1 is 1.00 bits per heavy atom. The first-order valence-corrected chi connectivity index (χ1v) is 10.1. The maximum Gasteiger partial charge on any atom is 0.306 e.